The Labute approximate surface area is 116 Å². The molecule has 0 radical (unpaired) electrons. The number of hydrogen-bond donors (Lipinski definition) is 0. The Morgan fingerprint density at radius 3 is 2.75 bits per heavy atom. The van der Waals surface area contributed by atoms with Crippen molar-refractivity contribution in [2.45, 2.75) is 32.6 Å². The van der Waals surface area contributed by atoms with Gasteiger partial charge >= 0.3 is 0 Å². The van der Waals surface area contributed by atoms with E-state index in [2.05, 4.69) is 26.3 Å². The van der Waals surface area contributed by atoms with E-state index in [4.69, 9.17) is 14.3 Å². The third-order valence-corrected chi connectivity index (χ3v) is 3.46. The van der Waals surface area contributed by atoms with Crippen LogP contribution in [0.4, 0.5) is 5.95 Å². The third kappa shape index (κ3) is 2.37. The summed E-state index contributed by atoms with van der Waals surface area (Å²) in [7, 11) is 0. The molecule has 7 nitrogen and oxygen atoms in total. The third-order valence-electron chi connectivity index (χ3n) is 3.46. The highest BCUT2D eigenvalue weighted by Crippen LogP contribution is 2.19. The van der Waals surface area contributed by atoms with Gasteiger partial charge in [-0.3, -0.25) is 0 Å². The molecule has 20 heavy (non-hydrogen) atoms. The van der Waals surface area contributed by atoms with E-state index in [0.717, 1.165) is 25.9 Å². The lowest BCUT2D eigenvalue weighted by molar-refractivity contribution is 0.370. The molecule has 0 unspecified atom stereocenters. The van der Waals surface area contributed by atoms with Crippen LogP contribution in [0, 0.1) is 18.3 Å². The van der Waals surface area contributed by atoms with Gasteiger partial charge in [0.15, 0.2) is 5.76 Å². The van der Waals surface area contributed by atoms with Crippen LogP contribution in [0.25, 0.3) is 0 Å². The number of anilines is 1. The molecule has 0 spiro atoms. The first-order chi connectivity index (χ1) is 9.78. The van der Waals surface area contributed by atoms with Crippen LogP contribution in [-0.2, 0) is 6.42 Å². The van der Waals surface area contributed by atoms with Gasteiger partial charge in [-0.05, 0) is 31.3 Å². The van der Waals surface area contributed by atoms with Crippen molar-refractivity contribution in [1.82, 2.24) is 15.3 Å². The first-order valence-electron chi connectivity index (χ1n) is 6.70. The first kappa shape index (κ1) is 12.7. The van der Waals surface area contributed by atoms with Gasteiger partial charge in [-0.2, -0.15) is 10.2 Å². The van der Waals surface area contributed by atoms with Gasteiger partial charge in [0.25, 0.3) is 5.95 Å². The maximum absolute atomic E-state index is 9.05. The maximum Gasteiger partial charge on any atom is 0.266 e. The van der Waals surface area contributed by atoms with Crippen LogP contribution in [0.2, 0.25) is 0 Å². The standard InChI is InChI=1S/C13H15N5O2/c1-9-10(8-14)11(16-19-9)7-12-15-13(17-20-12)18-5-3-2-4-6-18/h2-7H2,1H3. The quantitative estimate of drug-likeness (QED) is 0.842. The topological polar surface area (TPSA) is 92.0 Å². The number of nitriles is 1. The minimum atomic E-state index is 0.321. The molecule has 3 rings (SSSR count). The molecule has 1 aliphatic heterocycles. The van der Waals surface area contributed by atoms with Crippen molar-refractivity contribution in [3.8, 4) is 6.07 Å². The van der Waals surface area contributed by atoms with Crippen molar-refractivity contribution in [1.29, 1.82) is 5.26 Å². The minimum Gasteiger partial charge on any atom is -0.360 e. The highest BCUT2D eigenvalue weighted by molar-refractivity contribution is 5.37. The van der Waals surface area contributed by atoms with Crippen LogP contribution in [0.5, 0.6) is 0 Å². The van der Waals surface area contributed by atoms with Crippen LogP contribution in [0.3, 0.4) is 0 Å². The fourth-order valence-electron chi connectivity index (χ4n) is 2.37. The van der Waals surface area contributed by atoms with E-state index in [9.17, 15) is 0 Å². The van der Waals surface area contributed by atoms with Crippen molar-refractivity contribution in [3.63, 3.8) is 0 Å². The summed E-state index contributed by atoms with van der Waals surface area (Å²) in [6.07, 6.45) is 3.89. The SMILES string of the molecule is Cc1onc(Cc2nc(N3CCCCC3)no2)c1C#N. The van der Waals surface area contributed by atoms with E-state index >= 15 is 0 Å². The molecular formula is C13H15N5O2. The Balaban J connectivity index is 1.75. The fraction of sp³-hybridized carbons (Fsp3) is 0.538. The molecule has 0 amide bonds. The molecule has 0 N–H and O–H groups in total. The second-order valence-electron chi connectivity index (χ2n) is 4.88. The molecule has 0 atom stereocenters. The molecule has 2 aromatic heterocycles. The monoisotopic (exact) mass is 273 g/mol. The van der Waals surface area contributed by atoms with Crippen molar-refractivity contribution >= 4 is 5.95 Å². The van der Waals surface area contributed by atoms with E-state index in [-0.39, 0.29) is 0 Å². The molecular weight excluding hydrogens is 258 g/mol. The predicted octanol–water partition coefficient (Wildman–Crippen LogP) is 1.82. The van der Waals surface area contributed by atoms with Crippen LogP contribution in [-0.4, -0.2) is 28.4 Å². The summed E-state index contributed by atoms with van der Waals surface area (Å²) in [4.78, 5) is 6.49. The van der Waals surface area contributed by atoms with E-state index in [1.165, 1.54) is 6.42 Å². The number of aromatic nitrogens is 3. The highest BCUT2D eigenvalue weighted by atomic mass is 16.5. The number of rotatable bonds is 3. The molecule has 7 heteroatoms. The first-order valence-corrected chi connectivity index (χ1v) is 6.70. The Hall–Kier alpha value is -2.36. The van der Waals surface area contributed by atoms with Gasteiger partial charge in [0.1, 0.15) is 17.3 Å². The summed E-state index contributed by atoms with van der Waals surface area (Å²) in [5, 5.41) is 16.9. The van der Waals surface area contributed by atoms with Crippen molar-refractivity contribution in [2.75, 3.05) is 18.0 Å². The van der Waals surface area contributed by atoms with Gasteiger partial charge in [0.2, 0.25) is 5.89 Å². The molecule has 3 heterocycles. The fourth-order valence-corrected chi connectivity index (χ4v) is 2.37. The summed E-state index contributed by atoms with van der Waals surface area (Å²) < 4.78 is 10.2. The molecule has 0 aromatic carbocycles. The Morgan fingerprint density at radius 1 is 1.20 bits per heavy atom. The smallest absolute Gasteiger partial charge is 0.266 e. The average Bonchev–Trinajstić information content (AvgIpc) is 3.08. The van der Waals surface area contributed by atoms with Crippen LogP contribution in [0.15, 0.2) is 9.05 Å². The van der Waals surface area contributed by atoms with Gasteiger partial charge in [-0.1, -0.05) is 5.16 Å². The molecule has 104 valence electrons. The molecule has 1 saturated heterocycles. The molecule has 0 aliphatic carbocycles. The van der Waals surface area contributed by atoms with Gasteiger partial charge in [-0.25, -0.2) is 0 Å². The van der Waals surface area contributed by atoms with Gasteiger partial charge in [0, 0.05) is 13.1 Å². The summed E-state index contributed by atoms with van der Waals surface area (Å²) in [6.45, 7) is 3.64. The largest absolute Gasteiger partial charge is 0.360 e. The lowest BCUT2D eigenvalue weighted by Gasteiger charge is -2.24. The van der Waals surface area contributed by atoms with Crippen LogP contribution in [0.1, 0.15) is 42.2 Å². The molecule has 0 saturated carbocycles. The zero-order valence-corrected chi connectivity index (χ0v) is 11.3. The Morgan fingerprint density at radius 2 is 2.00 bits per heavy atom. The van der Waals surface area contributed by atoms with E-state index < -0.39 is 0 Å². The minimum absolute atomic E-state index is 0.321. The number of nitrogens with zero attached hydrogens (tertiary/aromatic N) is 5. The molecule has 1 fully saturated rings. The Bertz CT molecular complexity index is 633. The summed E-state index contributed by atoms with van der Waals surface area (Å²) in [6, 6.07) is 2.08. The second-order valence-corrected chi connectivity index (χ2v) is 4.88. The summed E-state index contributed by atoms with van der Waals surface area (Å²) in [5.41, 5.74) is 0.988. The van der Waals surface area contributed by atoms with E-state index in [0.29, 0.717) is 35.3 Å². The second kappa shape index (κ2) is 5.33. The number of aryl methyl sites for hydroxylation is 1. The van der Waals surface area contributed by atoms with Crippen LogP contribution < -0.4 is 4.90 Å². The number of piperidine rings is 1. The molecule has 0 bridgehead atoms. The van der Waals surface area contributed by atoms with Crippen molar-refractivity contribution in [2.24, 2.45) is 0 Å². The maximum atomic E-state index is 9.05. The zero-order chi connectivity index (χ0) is 13.9. The predicted molar refractivity (Wildman–Crippen MR) is 69.1 cm³/mol. The van der Waals surface area contributed by atoms with Crippen molar-refractivity contribution in [3.05, 3.63) is 22.9 Å². The lowest BCUT2D eigenvalue weighted by atomic mass is 10.1. The van der Waals surface area contributed by atoms with E-state index in [1.807, 2.05) is 0 Å². The Kier molecular flexibility index (Phi) is 3.37. The van der Waals surface area contributed by atoms with Gasteiger partial charge < -0.3 is 13.9 Å². The average molecular weight is 273 g/mol. The zero-order valence-electron chi connectivity index (χ0n) is 11.3. The highest BCUT2D eigenvalue weighted by Gasteiger charge is 2.19. The molecule has 2 aromatic rings. The lowest BCUT2D eigenvalue weighted by Crippen LogP contribution is -2.30. The number of hydrogen-bond acceptors (Lipinski definition) is 7. The normalized spacial score (nSPS) is 15.3. The van der Waals surface area contributed by atoms with Crippen molar-refractivity contribution < 1.29 is 9.05 Å². The van der Waals surface area contributed by atoms with E-state index in [1.54, 1.807) is 6.92 Å². The summed E-state index contributed by atoms with van der Waals surface area (Å²) in [5.74, 6) is 1.59. The van der Waals surface area contributed by atoms with Gasteiger partial charge in [-0.15, -0.1) is 0 Å². The van der Waals surface area contributed by atoms with Gasteiger partial charge in [0.05, 0.1) is 6.42 Å². The summed E-state index contributed by atoms with van der Waals surface area (Å²) >= 11 is 0. The van der Waals surface area contributed by atoms with Crippen LogP contribution >= 0.6 is 0 Å². The molecule has 1 aliphatic rings.